The summed E-state index contributed by atoms with van der Waals surface area (Å²) in [5, 5.41) is 30.3. The molecule has 14 rings (SSSR count). The molecule has 636 valence electrons. The van der Waals surface area contributed by atoms with Crippen molar-refractivity contribution in [2.75, 3.05) is 62.5 Å². The number of carbonyl (C=O) groups excluding carboxylic acids is 5. The van der Waals surface area contributed by atoms with Gasteiger partial charge in [-0.25, -0.2) is 63.5 Å². The molecular formula is C86H88F4N10O19S2. The molecule has 2 aliphatic heterocycles. The first-order valence-electron chi connectivity index (χ1n) is 37.9. The summed E-state index contributed by atoms with van der Waals surface area (Å²) in [7, 11) is -1.99. The van der Waals surface area contributed by atoms with E-state index in [1.165, 1.54) is 107 Å². The number of rotatable bonds is 19. The van der Waals surface area contributed by atoms with E-state index in [1.807, 2.05) is 0 Å². The Morgan fingerprint density at radius 3 is 1.29 bits per heavy atom. The Kier molecular flexibility index (Phi) is 24.5. The summed E-state index contributed by atoms with van der Waals surface area (Å²) in [6.45, 7) is 16.5. The topological polar surface area (TPSA) is 374 Å². The zero-order valence-corrected chi connectivity index (χ0v) is 70.2. The van der Waals surface area contributed by atoms with Gasteiger partial charge in [-0.1, -0.05) is 39.8 Å². The highest BCUT2D eigenvalue weighted by molar-refractivity contribution is 7.92. The lowest BCUT2D eigenvalue weighted by molar-refractivity contribution is -0.151. The van der Waals surface area contributed by atoms with Gasteiger partial charge >= 0.3 is 24.1 Å². The number of furan rings is 2. The number of fused-ring (bicyclic) bond motifs is 12. The van der Waals surface area contributed by atoms with Gasteiger partial charge in [0, 0.05) is 84.1 Å². The van der Waals surface area contributed by atoms with Gasteiger partial charge in [0.2, 0.25) is 26.3 Å². The van der Waals surface area contributed by atoms with Gasteiger partial charge in [0.1, 0.15) is 98.7 Å². The van der Waals surface area contributed by atoms with Crippen LogP contribution < -0.4 is 39.4 Å². The van der Waals surface area contributed by atoms with Crippen LogP contribution in [0.15, 0.2) is 154 Å². The molecule has 8 heterocycles. The summed E-state index contributed by atoms with van der Waals surface area (Å²) >= 11 is 0. The normalized spacial score (nSPS) is 14.1. The van der Waals surface area contributed by atoms with E-state index < -0.39 is 115 Å². The van der Waals surface area contributed by atoms with Gasteiger partial charge in [-0.05, 0) is 175 Å². The summed E-state index contributed by atoms with van der Waals surface area (Å²) in [4.78, 5) is 84.6. The highest BCUT2D eigenvalue weighted by Crippen LogP contribution is 2.49. The first-order valence-corrected chi connectivity index (χ1v) is 41.6. The quantitative estimate of drug-likeness (QED) is 0.0249. The van der Waals surface area contributed by atoms with E-state index in [2.05, 4.69) is 21.3 Å². The van der Waals surface area contributed by atoms with E-state index in [-0.39, 0.29) is 98.3 Å². The van der Waals surface area contributed by atoms with Crippen molar-refractivity contribution >= 4 is 111 Å². The molecule has 35 heteroatoms. The molecule has 0 aliphatic carbocycles. The number of hydrogen-bond donors (Lipinski definition) is 6. The summed E-state index contributed by atoms with van der Waals surface area (Å²) in [6.07, 6.45) is -1.24. The maximum absolute atomic E-state index is 15.4. The standard InChI is InChI=1S/C43H43F2N5O9S.C33H26F2N4O6S.C10H19NO4/c1-22(2)37(48-42(53)59-43(3,4)5)41(52)56-21-35-50-30-11-9-10-28(45)25(30)19-32(50)38-33(57-35)17-16-29(47-38)26-18-27-34(20-31(26)49(7)60(8,54)55)58-39(36(27)40(51)46-6)23-12-14-24(44)15-13-23;1-36-33(41)30-21-13-20(25(38(2)46(3,42)43)15-28(21)45-32(30)17-7-9-18(34)10-8-17)23-11-12-27-31(37-23)26-14-19-22(35)5-4-6-24(19)39(26)29(16-40)44-27;1-6(2)7(8(12)13)11-9(14)15-10(3,4)5/h9-20,22,35,37H,21H2,1-8H3,(H,46,51)(H,48,53);4-15,29,40H,16H2,1-3H3,(H,36,41);6-7H,1-5H3,(H,11,14)(H,12,13)/t35?,37-;;7-/m0.0/s1. The number of carboxylic acid groups (broad SMARTS) is 1. The predicted molar refractivity (Wildman–Crippen MR) is 446 cm³/mol. The average Bonchev–Trinajstić information content (AvgIpc) is 1.63. The largest absolute Gasteiger partial charge is 0.480 e. The number of alkyl carbamates (subject to hydrolysis) is 2. The SMILES string of the molecule is CC(C)[C@H](NC(=O)OC(C)(C)C)C(=O)O.CNC(=O)c1c(-c2ccc(F)cc2)oc2cc(N(C)S(C)(=O)=O)c(-c3ccc4c(n3)-c3cc5c(F)cccc5n3C(CO)O4)cc12.CNC(=O)c1c(-c2ccc(F)cc2)oc2cc(N(C)S(C)(=O)=O)c(-c3ccc4c(n3)-c3cc5c(F)cccc5n3C(COC(=O)[C@@H](NC(=O)OC(C)(C)C)C(C)C)O4)cc12. The number of aliphatic hydroxyl groups is 1. The third-order valence-electron chi connectivity index (χ3n) is 19.6. The number of amides is 4. The van der Waals surface area contributed by atoms with Gasteiger partial charge < -0.3 is 68.6 Å². The fourth-order valence-electron chi connectivity index (χ4n) is 13.8. The van der Waals surface area contributed by atoms with Crippen molar-refractivity contribution in [3.63, 3.8) is 0 Å². The Morgan fingerprint density at radius 1 is 0.537 bits per heavy atom. The zero-order chi connectivity index (χ0) is 88.1. The molecule has 4 atom stereocenters. The molecule has 6 aromatic carbocycles. The number of aromatic nitrogens is 4. The molecule has 0 bridgehead atoms. The lowest BCUT2D eigenvalue weighted by Crippen LogP contribution is -2.47. The van der Waals surface area contributed by atoms with Crippen molar-refractivity contribution in [2.24, 2.45) is 11.8 Å². The molecule has 0 saturated carbocycles. The first kappa shape index (κ1) is 87.3. The van der Waals surface area contributed by atoms with E-state index in [4.69, 9.17) is 47.6 Å². The maximum Gasteiger partial charge on any atom is 0.408 e. The van der Waals surface area contributed by atoms with Crippen molar-refractivity contribution in [1.82, 2.24) is 40.4 Å². The molecule has 0 saturated heterocycles. The predicted octanol–water partition coefficient (Wildman–Crippen LogP) is 15.1. The van der Waals surface area contributed by atoms with E-state index in [0.717, 1.165) is 21.1 Å². The van der Waals surface area contributed by atoms with Crippen LogP contribution in [-0.4, -0.2) is 159 Å². The molecular weight excluding hydrogens is 1620 g/mol. The number of nitrogens with one attached hydrogen (secondary N) is 4. The smallest absolute Gasteiger partial charge is 0.408 e. The average molecular weight is 1710 g/mol. The number of hydrogen-bond acceptors (Lipinski definition) is 20. The molecule has 29 nitrogen and oxygen atoms in total. The summed E-state index contributed by atoms with van der Waals surface area (Å²) in [5.41, 5.74) is 4.13. The van der Waals surface area contributed by atoms with Gasteiger partial charge in [0.15, 0.2) is 6.23 Å². The van der Waals surface area contributed by atoms with Crippen molar-refractivity contribution in [1.29, 1.82) is 0 Å². The second kappa shape index (κ2) is 34.0. The molecule has 2 aliphatic rings. The highest BCUT2D eigenvalue weighted by Gasteiger charge is 2.38. The Hall–Kier alpha value is -13.0. The molecule has 6 aromatic heterocycles. The first-order chi connectivity index (χ1) is 56.9. The number of aliphatic hydroxyl groups excluding tert-OH is 1. The van der Waals surface area contributed by atoms with Crippen LogP contribution in [0.4, 0.5) is 38.5 Å². The third-order valence-corrected chi connectivity index (χ3v) is 22.0. The van der Waals surface area contributed by atoms with Crippen LogP contribution in [0, 0.1) is 35.1 Å². The molecule has 4 amide bonds. The lowest BCUT2D eigenvalue weighted by Gasteiger charge is -2.30. The molecule has 6 N–H and O–H groups in total. The zero-order valence-electron chi connectivity index (χ0n) is 68.6. The number of aliphatic carboxylic acids is 1. The van der Waals surface area contributed by atoms with Crippen molar-refractivity contribution in [2.45, 2.75) is 105 Å². The number of halogens is 4. The van der Waals surface area contributed by atoms with E-state index in [1.54, 1.807) is 145 Å². The second-order valence-electron chi connectivity index (χ2n) is 31.2. The van der Waals surface area contributed by atoms with Gasteiger partial charge in [0.05, 0.1) is 75.4 Å². The fraction of sp³-hybridized carbons (Fsp3) is 0.302. The highest BCUT2D eigenvalue weighted by atomic mass is 32.2. The fourth-order valence-corrected chi connectivity index (χ4v) is 14.8. The van der Waals surface area contributed by atoms with Crippen molar-refractivity contribution < 1.29 is 106 Å². The summed E-state index contributed by atoms with van der Waals surface area (Å²) in [6, 6.07) is 34.0. The Balaban J connectivity index is 0.000000194. The van der Waals surface area contributed by atoms with Gasteiger partial charge in [-0.2, -0.15) is 0 Å². The number of esters is 1. The van der Waals surface area contributed by atoms with E-state index >= 15 is 4.39 Å². The van der Waals surface area contributed by atoms with Gasteiger partial charge in [-0.3, -0.25) is 22.8 Å². The number of benzene rings is 6. The molecule has 12 aromatic rings. The third kappa shape index (κ3) is 18.3. The van der Waals surface area contributed by atoms with E-state index in [0.29, 0.717) is 72.4 Å². The maximum atomic E-state index is 15.4. The van der Waals surface area contributed by atoms with Crippen LogP contribution in [0.2, 0.25) is 0 Å². The molecule has 0 spiro atoms. The number of pyridine rings is 2. The molecule has 2 unspecified atom stereocenters. The number of sulfonamides is 2. The lowest BCUT2D eigenvalue weighted by atomic mass is 10.0. The van der Waals surface area contributed by atoms with Crippen LogP contribution in [0.5, 0.6) is 11.5 Å². The number of ether oxygens (including phenoxy) is 5. The molecule has 0 fully saturated rings. The van der Waals surface area contributed by atoms with Crippen LogP contribution in [0.3, 0.4) is 0 Å². The van der Waals surface area contributed by atoms with Crippen LogP contribution in [0.25, 0.3) is 112 Å². The number of carbonyl (C=O) groups is 6. The van der Waals surface area contributed by atoms with E-state index in [9.17, 15) is 63.9 Å². The minimum Gasteiger partial charge on any atom is -0.480 e. The minimum atomic E-state index is -3.87. The summed E-state index contributed by atoms with van der Waals surface area (Å²) in [5.74, 6) is -4.35. The Morgan fingerprint density at radius 2 is 0.926 bits per heavy atom. The van der Waals surface area contributed by atoms with Crippen LogP contribution >= 0.6 is 0 Å². The number of nitrogens with zero attached hydrogens (tertiary/aromatic N) is 6. The molecule has 0 radical (unpaired) electrons. The van der Waals surface area contributed by atoms with Crippen molar-refractivity contribution in [3.8, 4) is 79.4 Å². The number of carboxylic acids is 1. The van der Waals surface area contributed by atoms with Crippen LogP contribution in [0.1, 0.15) is 102 Å². The summed E-state index contributed by atoms with van der Waals surface area (Å²) < 4.78 is 156. The minimum absolute atomic E-state index is 0.129. The van der Waals surface area contributed by atoms with Gasteiger partial charge in [0.25, 0.3) is 11.8 Å². The Bertz CT molecular complexity index is 6330. The monoisotopic (exact) mass is 1700 g/mol. The Labute approximate surface area is 692 Å². The van der Waals surface area contributed by atoms with Crippen LogP contribution in [-0.2, 0) is 43.8 Å². The van der Waals surface area contributed by atoms with Gasteiger partial charge in [-0.15, -0.1) is 0 Å². The second-order valence-corrected chi connectivity index (χ2v) is 35.3. The number of anilines is 2. The van der Waals surface area contributed by atoms with Crippen molar-refractivity contribution in [3.05, 3.63) is 180 Å². The molecule has 121 heavy (non-hydrogen) atoms.